The van der Waals surface area contributed by atoms with E-state index in [0.717, 1.165) is 22.2 Å². The second-order valence-electron chi connectivity index (χ2n) is 5.62. The molecule has 0 aliphatic carbocycles. The zero-order valence-corrected chi connectivity index (χ0v) is 13.1. The molecule has 23 heavy (non-hydrogen) atoms. The fourth-order valence-corrected chi connectivity index (χ4v) is 3.23. The van der Waals surface area contributed by atoms with E-state index in [1.807, 2.05) is 42.6 Å². The van der Waals surface area contributed by atoms with E-state index in [0.29, 0.717) is 17.0 Å². The number of aromatic amines is 1. The minimum absolute atomic E-state index is 0.0993. The molecule has 1 unspecified atom stereocenters. The molecule has 0 fully saturated rings. The standard InChI is InChI=1S/C18H15N3OS/c22-17-13-6-2-4-8-15(13)21-18(23)16(20-17)9-11-10-19-14-7-3-1-5-12(11)14/h1-8,10,16,19H,9H2,(H,20,22)(H,21,23). The molecular formula is C18H15N3OS. The Morgan fingerprint density at radius 2 is 1.83 bits per heavy atom. The Kier molecular flexibility index (Phi) is 3.35. The van der Waals surface area contributed by atoms with E-state index >= 15 is 0 Å². The molecule has 4 rings (SSSR count). The van der Waals surface area contributed by atoms with E-state index in [2.05, 4.69) is 21.7 Å². The number of anilines is 1. The summed E-state index contributed by atoms with van der Waals surface area (Å²) >= 11 is 5.50. The van der Waals surface area contributed by atoms with Crippen LogP contribution in [0.3, 0.4) is 0 Å². The van der Waals surface area contributed by atoms with Gasteiger partial charge in [0.1, 0.15) is 4.99 Å². The lowest BCUT2D eigenvalue weighted by Crippen LogP contribution is -2.41. The number of fused-ring (bicyclic) bond motifs is 2. The molecule has 0 bridgehead atoms. The minimum Gasteiger partial charge on any atom is -0.361 e. The van der Waals surface area contributed by atoms with Gasteiger partial charge >= 0.3 is 0 Å². The van der Waals surface area contributed by atoms with Gasteiger partial charge in [-0.15, -0.1) is 0 Å². The van der Waals surface area contributed by atoms with E-state index in [-0.39, 0.29) is 11.9 Å². The molecule has 0 saturated heterocycles. The number of hydrogen-bond acceptors (Lipinski definition) is 2. The van der Waals surface area contributed by atoms with Crippen LogP contribution >= 0.6 is 12.2 Å². The highest BCUT2D eigenvalue weighted by Gasteiger charge is 2.25. The third-order valence-electron chi connectivity index (χ3n) is 4.15. The third kappa shape index (κ3) is 2.49. The molecule has 4 nitrogen and oxygen atoms in total. The molecule has 0 radical (unpaired) electrons. The first kappa shape index (κ1) is 14.0. The highest BCUT2D eigenvalue weighted by molar-refractivity contribution is 7.80. The second kappa shape index (κ2) is 5.52. The van der Waals surface area contributed by atoms with Crippen LogP contribution in [-0.2, 0) is 6.42 Å². The van der Waals surface area contributed by atoms with Crippen LogP contribution in [0.5, 0.6) is 0 Å². The molecule has 2 heterocycles. The molecule has 1 atom stereocenters. The minimum atomic E-state index is -0.232. The monoisotopic (exact) mass is 321 g/mol. The van der Waals surface area contributed by atoms with Gasteiger partial charge < -0.3 is 15.6 Å². The van der Waals surface area contributed by atoms with E-state index in [9.17, 15) is 4.79 Å². The molecule has 1 amide bonds. The van der Waals surface area contributed by atoms with Crippen LogP contribution in [0.2, 0.25) is 0 Å². The van der Waals surface area contributed by atoms with Gasteiger partial charge in [0.05, 0.1) is 17.3 Å². The molecule has 3 aromatic rings. The van der Waals surface area contributed by atoms with Gasteiger partial charge in [-0.1, -0.05) is 42.5 Å². The molecule has 3 N–H and O–H groups in total. The summed E-state index contributed by atoms with van der Waals surface area (Å²) in [7, 11) is 0. The van der Waals surface area contributed by atoms with Gasteiger partial charge in [0, 0.05) is 23.5 Å². The molecule has 0 saturated carbocycles. The molecule has 5 heteroatoms. The quantitative estimate of drug-likeness (QED) is 0.635. The summed E-state index contributed by atoms with van der Waals surface area (Å²) in [6.45, 7) is 0. The second-order valence-corrected chi connectivity index (χ2v) is 6.06. The molecule has 114 valence electrons. The summed E-state index contributed by atoms with van der Waals surface area (Å²) in [4.78, 5) is 16.3. The third-order valence-corrected chi connectivity index (χ3v) is 4.54. The molecule has 2 aromatic carbocycles. The molecule has 1 aliphatic heterocycles. The summed E-state index contributed by atoms with van der Waals surface area (Å²) < 4.78 is 0. The number of thiocarbonyl (C=S) groups is 1. The predicted octanol–water partition coefficient (Wildman–Crippen LogP) is 3.26. The van der Waals surface area contributed by atoms with Crippen LogP contribution in [0.15, 0.2) is 54.7 Å². The van der Waals surface area contributed by atoms with Gasteiger partial charge in [0.2, 0.25) is 0 Å². The van der Waals surface area contributed by atoms with Crippen molar-refractivity contribution >= 4 is 39.7 Å². The van der Waals surface area contributed by atoms with Crippen LogP contribution < -0.4 is 10.6 Å². The Labute approximate surface area is 138 Å². The number of hydrogen-bond donors (Lipinski definition) is 3. The maximum Gasteiger partial charge on any atom is 0.253 e. The van der Waals surface area contributed by atoms with Crippen molar-refractivity contribution < 1.29 is 4.79 Å². The van der Waals surface area contributed by atoms with E-state index in [4.69, 9.17) is 12.2 Å². The summed E-state index contributed by atoms with van der Waals surface area (Å²) in [5, 5.41) is 7.39. The van der Waals surface area contributed by atoms with Crippen molar-refractivity contribution in [2.24, 2.45) is 0 Å². The zero-order chi connectivity index (χ0) is 15.8. The average Bonchev–Trinajstić information content (AvgIpc) is 2.92. The maximum atomic E-state index is 12.4. The van der Waals surface area contributed by atoms with Gasteiger partial charge in [-0.05, 0) is 23.8 Å². The number of amides is 1. The van der Waals surface area contributed by atoms with Crippen molar-refractivity contribution in [3.05, 3.63) is 65.9 Å². The Bertz CT molecular complexity index is 915. The fourth-order valence-electron chi connectivity index (χ4n) is 2.98. The predicted molar refractivity (Wildman–Crippen MR) is 95.9 cm³/mol. The number of nitrogens with one attached hydrogen (secondary N) is 3. The normalized spacial score (nSPS) is 17.3. The summed E-state index contributed by atoms with van der Waals surface area (Å²) in [6.07, 6.45) is 2.63. The van der Waals surface area contributed by atoms with Crippen molar-refractivity contribution in [1.82, 2.24) is 10.3 Å². The number of rotatable bonds is 2. The lowest BCUT2D eigenvalue weighted by Gasteiger charge is -2.16. The van der Waals surface area contributed by atoms with Gasteiger partial charge in [-0.25, -0.2) is 0 Å². The summed E-state index contributed by atoms with van der Waals surface area (Å²) in [5.74, 6) is -0.0993. The molecular weight excluding hydrogens is 306 g/mol. The Morgan fingerprint density at radius 3 is 2.74 bits per heavy atom. The highest BCUT2D eigenvalue weighted by atomic mass is 32.1. The lowest BCUT2D eigenvalue weighted by molar-refractivity contribution is 0.0949. The number of H-pyrrole nitrogens is 1. The van der Waals surface area contributed by atoms with Crippen LogP contribution in [0.25, 0.3) is 10.9 Å². The number of benzene rings is 2. The van der Waals surface area contributed by atoms with Crippen LogP contribution in [0, 0.1) is 0 Å². The first-order chi connectivity index (χ1) is 11.2. The van der Waals surface area contributed by atoms with Crippen LogP contribution in [0.1, 0.15) is 15.9 Å². The number of carbonyl (C=O) groups is 1. The smallest absolute Gasteiger partial charge is 0.253 e. The topological polar surface area (TPSA) is 56.9 Å². The van der Waals surface area contributed by atoms with Gasteiger partial charge in [0.15, 0.2) is 0 Å². The van der Waals surface area contributed by atoms with Crippen LogP contribution in [-0.4, -0.2) is 21.9 Å². The molecule has 0 spiro atoms. The SMILES string of the molecule is O=C1NC(Cc2c[nH]c3ccccc23)C(=S)Nc2ccccc21. The molecule has 1 aromatic heterocycles. The summed E-state index contributed by atoms with van der Waals surface area (Å²) in [6, 6.07) is 15.3. The van der Waals surface area contributed by atoms with Crippen molar-refractivity contribution in [2.45, 2.75) is 12.5 Å². The Balaban J connectivity index is 1.65. The van der Waals surface area contributed by atoms with Crippen molar-refractivity contribution in [3.63, 3.8) is 0 Å². The lowest BCUT2D eigenvalue weighted by atomic mass is 10.0. The highest BCUT2D eigenvalue weighted by Crippen LogP contribution is 2.23. The first-order valence-electron chi connectivity index (χ1n) is 7.48. The number of para-hydroxylation sites is 2. The average molecular weight is 321 g/mol. The van der Waals surface area contributed by atoms with E-state index in [1.165, 1.54) is 0 Å². The van der Waals surface area contributed by atoms with Gasteiger partial charge in [0.25, 0.3) is 5.91 Å². The fraction of sp³-hybridized carbons (Fsp3) is 0.111. The van der Waals surface area contributed by atoms with Gasteiger partial charge in [-0.2, -0.15) is 0 Å². The van der Waals surface area contributed by atoms with Crippen molar-refractivity contribution in [2.75, 3.05) is 5.32 Å². The number of aromatic nitrogens is 1. The van der Waals surface area contributed by atoms with Crippen molar-refractivity contribution in [3.8, 4) is 0 Å². The largest absolute Gasteiger partial charge is 0.361 e. The zero-order valence-electron chi connectivity index (χ0n) is 12.3. The molecule has 1 aliphatic rings. The number of carbonyl (C=O) groups excluding carboxylic acids is 1. The van der Waals surface area contributed by atoms with Gasteiger partial charge in [-0.3, -0.25) is 4.79 Å². The Hall–Kier alpha value is -2.66. The van der Waals surface area contributed by atoms with Crippen molar-refractivity contribution in [1.29, 1.82) is 0 Å². The first-order valence-corrected chi connectivity index (χ1v) is 7.89. The van der Waals surface area contributed by atoms with Crippen LogP contribution in [0.4, 0.5) is 5.69 Å². The maximum absolute atomic E-state index is 12.4. The summed E-state index contributed by atoms with van der Waals surface area (Å²) in [5.41, 5.74) is 3.61. The van der Waals surface area contributed by atoms with E-state index < -0.39 is 0 Å². The van der Waals surface area contributed by atoms with E-state index in [1.54, 1.807) is 6.07 Å². The Morgan fingerprint density at radius 1 is 1.04 bits per heavy atom.